The molecule has 0 aromatic carbocycles. The molecule has 1 aliphatic heterocycles. The smallest absolute Gasteiger partial charge is 0.339 e. The molecule has 2 aromatic heterocycles. The van der Waals surface area contributed by atoms with E-state index in [1.54, 1.807) is 4.90 Å². The number of alkyl halides is 6. The normalized spacial score (nSPS) is 17.7. The molecule has 1 saturated heterocycles. The molecule has 3 heterocycles. The lowest BCUT2D eigenvalue weighted by atomic mass is 9.92. The fraction of sp³-hybridized carbons (Fsp3) is 0.550. The molecular weight excluding hydrogens is 484 g/mol. The van der Waals surface area contributed by atoms with Crippen LogP contribution in [0.25, 0.3) is 0 Å². The molecule has 0 saturated carbocycles. The van der Waals surface area contributed by atoms with Crippen LogP contribution in [-0.4, -0.2) is 56.7 Å². The molecule has 15 heteroatoms. The van der Waals surface area contributed by atoms with Gasteiger partial charge in [-0.15, -0.1) is 0 Å². The molecule has 1 amide bonds. The number of anilines is 1. The predicted octanol–water partition coefficient (Wildman–Crippen LogP) is 2.08. The van der Waals surface area contributed by atoms with Crippen LogP contribution in [0, 0.1) is 5.92 Å². The minimum atomic E-state index is -4.88. The summed E-state index contributed by atoms with van der Waals surface area (Å²) in [5.74, 6) is -1.01. The highest BCUT2D eigenvalue weighted by atomic mass is 19.4. The topological polar surface area (TPSA) is 110 Å². The number of hydrogen-bond donors (Lipinski definition) is 1. The fourth-order valence-corrected chi connectivity index (χ4v) is 3.56. The summed E-state index contributed by atoms with van der Waals surface area (Å²) in [6, 6.07) is 0.560. The van der Waals surface area contributed by atoms with Crippen LogP contribution in [-0.2, 0) is 22.8 Å². The van der Waals surface area contributed by atoms with Gasteiger partial charge in [0.25, 0.3) is 5.56 Å². The zero-order valence-corrected chi connectivity index (χ0v) is 18.8. The Morgan fingerprint density at radius 2 is 1.63 bits per heavy atom. The van der Waals surface area contributed by atoms with Crippen molar-refractivity contribution in [3.63, 3.8) is 0 Å². The first-order chi connectivity index (χ1) is 16.1. The summed E-state index contributed by atoms with van der Waals surface area (Å²) in [6.07, 6.45) is -7.40. The Morgan fingerprint density at radius 1 is 1.06 bits per heavy atom. The van der Waals surface area contributed by atoms with E-state index in [1.165, 1.54) is 18.7 Å². The first-order valence-electron chi connectivity index (χ1n) is 10.5. The molecule has 35 heavy (non-hydrogen) atoms. The van der Waals surface area contributed by atoms with Crippen molar-refractivity contribution in [2.45, 2.75) is 38.3 Å². The number of aromatic nitrogens is 4. The molecule has 2 atom stereocenters. The number of nitrogens with zero attached hydrogens (tertiary/aromatic N) is 6. The zero-order chi connectivity index (χ0) is 26.2. The first-order valence-corrected chi connectivity index (χ1v) is 10.5. The second-order valence-corrected chi connectivity index (χ2v) is 8.43. The number of carbonyl (C=O) groups excluding carboxylic acids is 1. The van der Waals surface area contributed by atoms with E-state index in [-0.39, 0.29) is 44.5 Å². The van der Waals surface area contributed by atoms with Crippen LogP contribution in [0.15, 0.2) is 29.5 Å². The summed E-state index contributed by atoms with van der Waals surface area (Å²) in [5.41, 5.74) is 0.690. The molecule has 2 N–H and O–H groups in total. The van der Waals surface area contributed by atoms with E-state index in [0.29, 0.717) is 23.1 Å². The van der Waals surface area contributed by atoms with Crippen LogP contribution >= 0.6 is 0 Å². The van der Waals surface area contributed by atoms with Crippen molar-refractivity contribution in [3.8, 4) is 0 Å². The van der Waals surface area contributed by atoms with Gasteiger partial charge < -0.3 is 15.5 Å². The Hall–Kier alpha value is -3.23. The number of piperazine rings is 1. The number of rotatable bonds is 5. The van der Waals surface area contributed by atoms with Gasteiger partial charge in [-0.25, -0.2) is 14.6 Å². The molecule has 1 aliphatic rings. The molecule has 0 bridgehead atoms. The van der Waals surface area contributed by atoms with Crippen LogP contribution in [0.2, 0.25) is 0 Å². The van der Waals surface area contributed by atoms with Crippen LogP contribution < -0.4 is 16.2 Å². The molecule has 192 valence electrons. The Balaban J connectivity index is 1.63. The van der Waals surface area contributed by atoms with Crippen LogP contribution in [0.5, 0.6) is 0 Å². The fourth-order valence-electron chi connectivity index (χ4n) is 3.56. The third-order valence-electron chi connectivity index (χ3n) is 5.97. The van der Waals surface area contributed by atoms with Crippen molar-refractivity contribution in [3.05, 3.63) is 46.1 Å². The van der Waals surface area contributed by atoms with Crippen molar-refractivity contribution in [2.75, 3.05) is 31.1 Å². The van der Waals surface area contributed by atoms with Crippen LogP contribution in [0.3, 0.4) is 0 Å². The second kappa shape index (κ2) is 9.43. The van der Waals surface area contributed by atoms with E-state index < -0.39 is 40.6 Å². The van der Waals surface area contributed by atoms with Gasteiger partial charge in [0.05, 0.1) is 5.56 Å². The largest absolute Gasteiger partial charge is 0.421 e. The SMILES string of the molecule is CC(CC(=O)N1CCN(c2ncc(C(F)(F)F)cn2)CC1)C(C)(N)n1nccc(C(F)(F)F)c1=O. The highest BCUT2D eigenvalue weighted by molar-refractivity contribution is 5.76. The predicted molar refractivity (Wildman–Crippen MR) is 111 cm³/mol. The molecule has 2 aromatic rings. The number of halogens is 6. The molecule has 0 aliphatic carbocycles. The van der Waals surface area contributed by atoms with Gasteiger partial charge in [0.2, 0.25) is 11.9 Å². The van der Waals surface area contributed by atoms with Gasteiger partial charge in [-0.3, -0.25) is 9.59 Å². The summed E-state index contributed by atoms with van der Waals surface area (Å²) in [6.45, 7) is 3.82. The Morgan fingerprint density at radius 3 is 2.14 bits per heavy atom. The van der Waals surface area contributed by atoms with Gasteiger partial charge in [0.15, 0.2) is 0 Å². The molecule has 1 fully saturated rings. The van der Waals surface area contributed by atoms with Crippen molar-refractivity contribution in [1.29, 1.82) is 0 Å². The monoisotopic (exact) mass is 507 g/mol. The highest BCUT2D eigenvalue weighted by Crippen LogP contribution is 2.29. The van der Waals surface area contributed by atoms with Gasteiger partial charge in [0, 0.05) is 57.1 Å². The average Bonchev–Trinajstić information content (AvgIpc) is 2.77. The molecule has 3 rings (SSSR count). The third kappa shape index (κ3) is 5.71. The maximum Gasteiger partial charge on any atom is 0.421 e. The van der Waals surface area contributed by atoms with E-state index >= 15 is 0 Å². The summed E-state index contributed by atoms with van der Waals surface area (Å²) >= 11 is 0. The van der Waals surface area contributed by atoms with Gasteiger partial charge in [-0.05, 0) is 13.0 Å². The van der Waals surface area contributed by atoms with Gasteiger partial charge in [-0.1, -0.05) is 6.92 Å². The first kappa shape index (κ1) is 26.4. The summed E-state index contributed by atoms with van der Waals surface area (Å²) in [4.78, 5) is 35.7. The maximum atomic E-state index is 13.1. The molecule has 0 spiro atoms. The number of amides is 1. The minimum absolute atomic E-state index is 0.1000. The quantitative estimate of drug-likeness (QED) is 0.617. The van der Waals surface area contributed by atoms with Crippen molar-refractivity contribution in [2.24, 2.45) is 11.7 Å². The van der Waals surface area contributed by atoms with E-state index in [2.05, 4.69) is 15.1 Å². The van der Waals surface area contributed by atoms with Gasteiger partial charge in [0.1, 0.15) is 11.2 Å². The third-order valence-corrected chi connectivity index (χ3v) is 5.97. The molecule has 9 nitrogen and oxygen atoms in total. The highest BCUT2D eigenvalue weighted by Gasteiger charge is 2.39. The number of nitrogens with two attached hydrogens (primary N) is 1. The number of hydrogen-bond acceptors (Lipinski definition) is 7. The molecule has 0 radical (unpaired) electrons. The van der Waals surface area contributed by atoms with E-state index in [1.807, 2.05) is 0 Å². The van der Waals surface area contributed by atoms with Crippen molar-refractivity contribution < 1.29 is 31.1 Å². The Kier molecular flexibility index (Phi) is 7.11. The molecule has 2 unspecified atom stereocenters. The van der Waals surface area contributed by atoms with Crippen LogP contribution in [0.4, 0.5) is 32.3 Å². The summed E-state index contributed by atoms with van der Waals surface area (Å²) in [7, 11) is 0. The second-order valence-electron chi connectivity index (χ2n) is 8.43. The Bertz CT molecular complexity index is 1110. The average molecular weight is 507 g/mol. The van der Waals surface area contributed by atoms with Crippen molar-refractivity contribution in [1.82, 2.24) is 24.6 Å². The summed E-state index contributed by atoms with van der Waals surface area (Å²) in [5, 5.41) is 3.69. The summed E-state index contributed by atoms with van der Waals surface area (Å²) < 4.78 is 77.8. The zero-order valence-electron chi connectivity index (χ0n) is 18.8. The van der Waals surface area contributed by atoms with Gasteiger partial charge in [-0.2, -0.15) is 31.4 Å². The lowest BCUT2D eigenvalue weighted by Crippen LogP contribution is -2.55. The van der Waals surface area contributed by atoms with E-state index in [9.17, 15) is 35.9 Å². The van der Waals surface area contributed by atoms with Crippen molar-refractivity contribution >= 4 is 11.9 Å². The van der Waals surface area contributed by atoms with E-state index in [0.717, 1.165) is 6.20 Å². The molecular formula is C20H23F6N7O2. The lowest BCUT2D eigenvalue weighted by Gasteiger charge is -2.37. The lowest BCUT2D eigenvalue weighted by molar-refractivity contribution is -0.140. The Labute approximate surface area is 195 Å². The minimum Gasteiger partial charge on any atom is -0.339 e. The van der Waals surface area contributed by atoms with Gasteiger partial charge >= 0.3 is 12.4 Å². The maximum absolute atomic E-state index is 13.1. The number of carbonyl (C=O) groups is 1. The standard InChI is InChI=1S/C20H23F6N7O2/c1-12(18(2,27)33-16(35)14(3-4-30-33)20(24,25)26)9-15(34)31-5-7-32(8-6-31)17-28-10-13(11-29-17)19(21,22)23/h3-4,10-12H,5-9,27H2,1-2H3. The van der Waals surface area contributed by atoms with E-state index in [4.69, 9.17) is 5.73 Å². The van der Waals surface area contributed by atoms with Crippen LogP contribution in [0.1, 0.15) is 31.4 Å².